The number of rotatable bonds is 4. The van der Waals surface area contributed by atoms with Crippen LogP contribution in [-0.2, 0) is 5.88 Å². The van der Waals surface area contributed by atoms with Gasteiger partial charge in [-0.1, -0.05) is 31.1 Å². The van der Waals surface area contributed by atoms with Gasteiger partial charge in [0, 0.05) is 17.8 Å². The number of pyridine rings is 2. The molecule has 1 aromatic carbocycles. The van der Waals surface area contributed by atoms with Crippen LogP contribution in [-0.4, -0.2) is 24.7 Å². The van der Waals surface area contributed by atoms with Crippen molar-refractivity contribution in [2.75, 3.05) is 5.73 Å². The summed E-state index contributed by atoms with van der Waals surface area (Å²) < 4.78 is 7.07. The Labute approximate surface area is 190 Å². The number of alkyl halides is 1. The highest BCUT2D eigenvalue weighted by molar-refractivity contribution is 6.17. The van der Waals surface area contributed by atoms with Gasteiger partial charge in [0.2, 0.25) is 0 Å². The van der Waals surface area contributed by atoms with Crippen LogP contribution in [0.15, 0.2) is 65.5 Å². The van der Waals surface area contributed by atoms with E-state index in [1.807, 2.05) is 73.9 Å². The first-order valence-electron chi connectivity index (χ1n) is 10.3. The second-order valence-electron chi connectivity index (χ2n) is 6.86. The van der Waals surface area contributed by atoms with E-state index in [4.69, 9.17) is 31.8 Å². The third-order valence-electron chi connectivity index (χ3n) is 4.96. The predicted molar refractivity (Wildman–Crippen MR) is 128 cm³/mol. The second kappa shape index (κ2) is 9.20. The first kappa shape index (κ1) is 21.5. The zero-order valence-corrected chi connectivity index (χ0v) is 18.8. The lowest BCUT2D eigenvalue weighted by Crippen LogP contribution is -2.02. The van der Waals surface area contributed by atoms with Crippen LogP contribution in [0.25, 0.3) is 39.5 Å². The molecule has 0 bridgehead atoms. The van der Waals surface area contributed by atoms with Gasteiger partial charge in [0.25, 0.3) is 0 Å². The molecule has 4 aromatic heterocycles. The quantitative estimate of drug-likeness (QED) is 0.351. The van der Waals surface area contributed by atoms with Crippen molar-refractivity contribution in [3.8, 4) is 28.3 Å². The van der Waals surface area contributed by atoms with Gasteiger partial charge >= 0.3 is 0 Å². The number of nitrogens with two attached hydrogens (primary N) is 1. The van der Waals surface area contributed by atoms with Gasteiger partial charge in [0.15, 0.2) is 11.5 Å². The average molecular weight is 447 g/mol. The second-order valence-corrected chi connectivity index (χ2v) is 7.13. The van der Waals surface area contributed by atoms with Gasteiger partial charge in [-0.3, -0.25) is 4.57 Å². The van der Waals surface area contributed by atoms with Gasteiger partial charge in [-0.2, -0.15) is 0 Å². The number of benzene rings is 1. The number of hydrogen-bond donors (Lipinski definition) is 1. The third kappa shape index (κ3) is 3.83. The fourth-order valence-corrected chi connectivity index (χ4v) is 3.59. The Morgan fingerprint density at radius 2 is 1.78 bits per heavy atom. The maximum absolute atomic E-state index is 6.17. The van der Waals surface area contributed by atoms with Crippen LogP contribution < -0.4 is 5.73 Å². The number of halogens is 1. The lowest BCUT2D eigenvalue weighted by Gasteiger charge is -2.11. The zero-order chi connectivity index (χ0) is 22.7. The van der Waals surface area contributed by atoms with Crippen LogP contribution in [0.4, 0.5) is 5.82 Å². The minimum Gasteiger partial charge on any atom is -0.383 e. The van der Waals surface area contributed by atoms with E-state index in [0.717, 1.165) is 39.3 Å². The molecule has 0 radical (unpaired) electrons. The van der Waals surface area contributed by atoms with Crippen LogP contribution in [0.1, 0.15) is 25.1 Å². The average Bonchev–Trinajstić information content (AvgIpc) is 3.43. The van der Waals surface area contributed by atoms with Crippen LogP contribution in [0.2, 0.25) is 0 Å². The van der Waals surface area contributed by atoms with Crippen molar-refractivity contribution in [2.24, 2.45) is 0 Å². The Hall–Kier alpha value is -3.71. The van der Waals surface area contributed by atoms with Crippen LogP contribution in [0.3, 0.4) is 0 Å². The van der Waals surface area contributed by atoms with E-state index in [9.17, 15) is 0 Å². The molecular formula is C24H23ClN6O. The highest BCUT2D eigenvalue weighted by atomic mass is 35.5. The number of nitrogen functional groups attached to an aromatic ring is 1. The van der Waals surface area contributed by atoms with Crippen LogP contribution >= 0.6 is 11.6 Å². The molecule has 0 aliphatic heterocycles. The standard InChI is InChI=1S/C22H17ClN6O.C2H6/c1-13-17(12-30-28-13)18-8-9-19-22(26-18)29(15-6-4-14(11-23)5-7-15)21(27-19)16-3-2-10-25-20(16)24;1-2/h2-10,12H,11H2,1H3,(H2,24,25);1-2H3. The number of fused-ring (bicyclic) bond motifs is 1. The Balaban J connectivity index is 0.00000119. The van der Waals surface area contributed by atoms with Crippen molar-refractivity contribution in [3.63, 3.8) is 0 Å². The summed E-state index contributed by atoms with van der Waals surface area (Å²) in [5, 5.41) is 3.96. The van der Waals surface area contributed by atoms with Gasteiger partial charge in [-0.15, -0.1) is 11.6 Å². The molecule has 0 aliphatic carbocycles. The lowest BCUT2D eigenvalue weighted by atomic mass is 10.2. The number of aryl methyl sites for hydroxylation is 1. The van der Waals surface area contributed by atoms with Gasteiger partial charge in [0.05, 0.1) is 22.5 Å². The maximum Gasteiger partial charge on any atom is 0.165 e. The van der Waals surface area contributed by atoms with Gasteiger partial charge in [0.1, 0.15) is 17.6 Å². The lowest BCUT2D eigenvalue weighted by molar-refractivity contribution is 0.415. The highest BCUT2D eigenvalue weighted by Crippen LogP contribution is 2.32. The molecule has 32 heavy (non-hydrogen) atoms. The van der Waals surface area contributed by atoms with E-state index >= 15 is 0 Å². The van der Waals surface area contributed by atoms with Gasteiger partial charge in [-0.05, 0) is 48.9 Å². The first-order chi connectivity index (χ1) is 15.7. The van der Waals surface area contributed by atoms with Crippen molar-refractivity contribution in [2.45, 2.75) is 26.7 Å². The molecule has 7 nitrogen and oxygen atoms in total. The monoisotopic (exact) mass is 446 g/mol. The van der Waals surface area contributed by atoms with Crippen LogP contribution in [0, 0.1) is 6.92 Å². The van der Waals surface area contributed by atoms with E-state index in [0.29, 0.717) is 23.2 Å². The molecule has 0 spiro atoms. The van der Waals surface area contributed by atoms with E-state index < -0.39 is 0 Å². The van der Waals surface area contributed by atoms with E-state index in [1.165, 1.54) is 0 Å². The number of nitrogens with zero attached hydrogens (tertiary/aromatic N) is 5. The van der Waals surface area contributed by atoms with Crippen molar-refractivity contribution < 1.29 is 4.52 Å². The van der Waals surface area contributed by atoms with Crippen LogP contribution in [0.5, 0.6) is 0 Å². The number of anilines is 1. The molecule has 8 heteroatoms. The number of aromatic nitrogens is 5. The van der Waals surface area contributed by atoms with E-state index in [1.54, 1.807) is 12.5 Å². The fraction of sp³-hybridized carbons (Fsp3) is 0.167. The molecule has 2 N–H and O–H groups in total. The summed E-state index contributed by atoms with van der Waals surface area (Å²) in [4.78, 5) is 13.9. The van der Waals surface area contributed by atoms with Crippen molar-refractivity contribution >= 4 is 28.6 Å². The SMILES string of the molecule is CC.Cc1nocc1-c1ccc2nc(-c3cccnc3N)n(-c3ccc(CCl)cc3)c2n1. The molecule has 0 amide bonds. The number of imidazole rings is 1. The summed E-state index contributed by atoms with van der Waals surface area (Å²) in [5.74, 6) is 1.52. The molecule has 5 aromatic rings. The molecule has 0 fully saturated rings. The summed E-state index contributed by atoms with van der Waals surface area (Å²) in [7, 11) is 0. The minimum atomic E-state index is 0.404. The third-order valence-corrected chi connectivity index (χ3v) is 5.27. The summed E-state index contributed by atoms with van der Waals surface area (Å²) in [6.07, 6.45) is 3.26. The van der Waals surface area contributed by atoms with Gasteiger partial charge < -0.3 is 10.3 Å². The van der Waals surface area contributed by atoms with Crippen molar-refractivity contribution in [3.05, 3.63) is 72.2 Å². The smallest absolute Gasteiger partial charge is 0.165 e. The fourth-order valence-electron chi connectivity index (χ4n) is 3.41. The summed E-state index contributed by atoms with van der Waals surface area (Å²) in [6.45, 7) is 5.88. The maximum atomic E-state index is 6.17. The minimum absolute atomic E-state index is 0.404. The Bertz CT molecular complexity index is 1360. The summed E-state index contributed by atoms with van der Waals surface area (Å²) >= 11 is 5.97. The van der Waals surface area contributed by atoms with Crippen molar-refractivity contribution in [1.82, 2.24) is 24.7 Å². The topological polar surface area (TPSA) is 95.6 Å². The molecule has 0 saturated heterocycles. The van der Waals surface area contributed by atoms with Crippen molar-refractivity contribution in [1.29, 1.82) is 0 Å². The number of hydrogen-bond acceptors (Lipinski definition) is 6. The Morgan fingerprint density at radius 1 is 1.00 bits per heavy atom. The molecule has 162 valence electrons. The van der Waals surface area contributed by atoms with E-state index in [-0.39, 0.29) is 0 Å². The molecule has 0 unspecified atom stereocenters. The first-order valence-corrected chi connectivity index (χ1v) is 10.9. The molecule has 0 aliphatic rings. The molecular weight excluding hydrogens is 424 g/mol. The predicted octanol–water partition coefficient (Wildman–Crippen LogP) is 5.79. The summed E-state index contributed by atoms with van der Waals surface area (Å²) in [6, 6.07) is 15.5. The normalized spacial score (nSPS) is 10.8. The highest BCUT2D eigenvalue weighted by Gasteiger charge is 2.19. The largest absolute Gasteiger partial charge is 0.383 e. The molecule has 5 rings (SSSR count). The molecule has 0 atom stereocenters. The zero-order valence-electron chi connectivity index (χ0n) is 18.1. The van der Waals surface area contributed by atoms with E-state index in [2.05, 4.69) is 10.1 Å². The molecule has 4 heterocycles. The van der Waals surface area contributed by atoms with Gasteiger partial charge in [-0.25, -0.2) is 15.0 Å². The Morgan fingerprint density at radius 3 is 2.44 bits per heavy atom. The Kier molecular flexibility index (Phi) is 6.18. The molecule has 0 saturated carbocycles. The summed E-state index contributed by atoms with van der Waals surface area (Å²) in [5.41, 5.74) is 12.6.